The van der Waals surface area contributed by atoms with Gasteiger partial charge in [-0.25, -0.2) is 0 Å². The third kappa shape index (κ3) is 2.51. The third-order valence-corrected chi connectivity index (χ3v) is 2.78. The van der Waals surface area contributed by atoms with Gasteiger partial charge < -0.3 is 15.4 Å². The highest BCUT2D eigenvalue weighted by molar-refractivity contribution is 6.28. The number of halogens is 1. The van der Waals surface area contributed by atoms with Crippen LogP contribution in [0.1, 0.15) is 12.8 Å². The standard InChI is InChI=1S/C9H14ClN5O/c1-16-6-3-2-4-15(5-6)9-13-7(10)12-8(11)14-9/h6H,2-5H2,1H3,(H2,11,12,13,14). The Morgan fingerprint density at radius 1 is 1.44 bits per heavy atom. The van der Waals surface area contributed by atoms with Gasteiger partial charge in [0.25, 0.3) is 0 Å². The minimum absolute atomic E-state index is 0.127. The fourth-order valence-electron chi connectivity index (χ4n) is 1.81. The van der Waals surface area contributed by atoms with E-state index in [9.17, 15) is 0 Å². The Hall–Kier alpha value is -1.14. The van der Waals surface area contributed by atoms with E-state index in [1.807, 2.05) is 4.90 Å². The van der Waals surface area contributed by atoms with Gasteiger partial charge >= 0.3 is 0 Å². The van der Waals surface area contributed by atoms with Crippen LogP contribution in [0.25, 0.3) is 0 Å². The highest BCUT2D eigenvalue weighted by Gasteiger charge is 2.22. The van der Waals surface area contributed by atoms with Gasteiger partial charge in [-0.3, -0.25) is 0 Å². The summed E-state index contributed by atoms with van der Waals surface area (Å²) in [5.41, 5.74) is 5.53. The lowest BCUT2D eigenvalue weighted by atomic mass is 10.1. The number of methoxy groups -OCH3 is 1. The molecule has 0 aliphatic carbocycles. The van der Waals surface area contributed by atoms with E-state index in [2.05, 4.69) is 15.0 Å². The molecule has 88 valence electrons. The smallest absolute Gasteiger partial charge is 0.231 e. The van der Waals surface area contributed by atoms with Crippen molar-refractivity contribution >= 4 is 23.5 Å². The highest BCUT2D eigenvalue weighted by atomic mass is 35.5. The van der Waals surface area contributed by atoms with Crippen molar-refractivity contribution in [2.24, 2.45) is 0 Å². The second kappa shape index (κ2) is 4.80. The van der Waals surface area contributed by atoms with E-state index in [-0.39, 0.29) is 17.3 Å². The molecule has 1 aromatic rings. The lowest BCUT2D eigenvalue weighted by Crippen LogP contribution is -2.40. The molecule has 1 atom stereocenters. The second-order valence-corrected chi connectivity index (χ2v) is 4.05. The Morgan fingerprint density at radius 2 is 2.25 bits per heavy atom. The summed E-state index contributed by atoms with van der Waals surface area (Å²) >= 11 is 5.74. The van der Waals surface area contributed by atoms with Gasteiger partial charge in [-0.2, -0.15) is 15.0 Å². The summed E-state index contributed by atoms with van der Waals surface area (Å²) in [6.07, 6.45) is 2.31. The zero-order chi connectivity index (χ0) is 11.5. The molecule has 1 fully saturated rings. The maximum Gasteiger partial charge on any atom is 0.231 e. The van der Waals surface area contributed by atoms with E-state index in [1.165, 1.54) is 0 Å². The quantitative estimate of drug-likeness (QED) is 0.825. The van der Waals surface area contributed by atoms with Crippen LogP contribution < -0.4 is 10.6 Å². The van der Waals surface area contributed by atoms with Gasteiger partial charge in [0.1, 0.15) is 0 Å². The summed E-state index contributed by atoms with van der Waals surface area (Å²) in [7, 11) is 1.71. The van der Waals surface area contributed by atoms with E-state index < -0.39 is 0 Å². The van der Waals surface area contributed by atoms with E-state index in [0.717, 1.165) is 25.9 Å². The summed E-state index contributed by atoms with van der Waals surface area (Å²) in [4.78, 5) is 13.9. The number of nitrogens with two attached hydrogens (primary N) is 1. The average molecular weight is 244 g/mol. The fourth-order valence-corrected chi connectivity index (χ4v) is 1.97. The molecule has 7 heteroatoms. The molecule has 2 heterocycles. The number of aromatic nitrogens is 3. The Morgan fingerprint density at radius 3 is 2.94 bits per heavy atom. The Labute approximate surface area is 98.8 Å². The molecule has 2 rings (SSSR count). The predicted molar refractivity (Wildman–Crippen MR) is 61.5 cm³/mol. The number of hydrogen-bond donors (Lipinski definition) is 1. The lowest BCUT2D eigenvalue weighted by molar-refractivity contribution is 0.0889. The van der Waals surface area contributed by atoms with Gasteiger partial charge in [-0.05, 0) is 24.4 Å². The number of piperidine rings is 1. The predicted octanol–water partition coefficient (Wildman–Crippen LogP) is 0.722. The van der Waals surface area contributed by atoms with Crippen LogP contribution in [0, 0.1) is 0 Å². The summed E-state index contributed by atoms with van der Waals surface area (Å²) < 4.78 is 5.33. The summed E-state index contributed by atoms with van der Waals surface area (Å²) in [6, 6.07) is 0. The van der Waals surface area contributed by atoms with Crippen molar-refractivity contribution in [3.8, 4) is 0 Å². The second-order valence-electron chi connectivity index (χ2n) is 3.71. The van der Waals surface area contributed by atoms with Gasteiger partial charge in [0.15, 0.2) is 0 Å². The number of nitrogen functional groups attached to an aromatic ring is 1. The monoisotopic (exact) mass is 243 g/mol. The van der Waals surface area contributed by atoms with Crippen molar-refractivity contribution in [3.63, 3.8) is 0 Å². The SMILES string of the molecule is COC1CCCN(c2nc(N)nc(Cl)n2)C1. The first kappa shape index (κ1) is 11.3. The van der Waals surface area contributed by atoms with E-state index >= 15 is 0 Å². The van der Waals surface area contributed by atoms with E-state index in [4.69, 9.17) is 22.1 Å². The normalized spacial score (nSPS) is 21.1. The molecule has 2 N–H and O–H groups in total. The zero-order valence-corrected chi connectivity index (χ0v) is 9.81. The first-order valence-electron chi connectivity index (χ1n) is 5.14. The van der Waals surface area contributed by atoms with Gasteiger partial charge in [-0.1, -0.05) is 0 Å². The molecule has 0 saturated carbocycles. The first-order valence-corrected chi connectivity index (χ1v) is 5.51. The van der Waals surface area contributed by atoms with Crippen molar-refractivity contribution in [2.75, 3.05) is 30.8 Å². The molecule has 1 saturated heterocycles. The van der Waals surface area contributed by atoms with Crippen molar-refractivity contribution in [2.45, 2.75) is 18.9 Å². The van der Waals surface area contributed by atoms with Crippen molar-refractivity contribution in [1.82, 2.24) is 15.0 Å². The van der Waals surface area contributed by atoms with Crippen molar-refractivity contribution < 1.29 is 4.74 Å². The fraction of sp³-hybridized carbons (Fsp3) is 0.667. The first-order chi connectivity index (χ1) is 7.69. The van der Waals surface area contributed by atoms with Crippen LogP contribution in [0.2, 0.25) is 5.28 Å². The molecule has 0 radical (unpaired) electrons. The van der Waals surface area contributed by atoms with E-state index in [1.54, 1.807) is 7.11 Å². The number of nitrogens with zero attached hydrogens (tertiary/aromatic N) is 4. The maximum absolute atomic E-state index is 5.74. The van der Waals surface area contributed by atoms with Crippen LogP contribution in [0.4, 0.5) is 11.9 Å². The Balaban J connectivity index is 2.16. The van der Waals surface area contributed by atoms with Crippen LogP contribution in [0.5, 0.6) is 0 Å². The van der Waals surface area contributed by atoms with Crippen LogP contribution in [0.3, 0.4) is 0 Å². The molecular weight excluding hydrogens is 230 g/mol. The largest absolute Gasteiger partial charge is 0.380 e. The van der Waals surface area contributed by atoms with Crippen LogP contribution in [0.15, 0.2) is 0 Å². The lowest BCUT2D eigenvalue weighted by Gasteiger charge is -2.31. The van der Waals surface area contributed by atoms with Crippen LogP contribution >= 0.6 is 11.6 Å². The minimum atomic E-state index is 0.127. The van der Waals surface area contributed by atoms with Crippen molar-refractivity contribution in [3.05, 3.63) is 5.28 Å². The molecule has 0 aromatic carbocycles. The molecule has 1 aromatic heterocycles. The Kier molecular flexibility index (Phi) is 3.40. The average Bonchev–Trinajstić information content (AvgIpc) is 2.28. The van der Waals surface area contributed by atoms with Crippen LogP contribution in [-0.4, -0.2) is 41.3 Å². The summed E-state index contributed by atoms with van der Waals surface area (Å²) in [6.45, 7) is 1.65. The molecule has 16 heavy (non-hydrogen) atoms. The van der Waals surface area contributed by atoms with Gasteiger partial charge in [0, 0.05) is 20.2 Å². The minimum Gasteiger partial charge on any atom is -0.380 e. The highest BCUT2D eigenvalue weighted by Crippen LogP contribution is 2.19. The molecule has 1 aliphatic rings. The molecule has 1 unspecified atom stereocenters. The van der Waals surface area contributed by atoms with Crippen LogP contribution in [-0.2, 0) is 4.74 Å². The zero-order valence-electron chi connectivity index (χ0n) is 9.06. The molecule has 0 bridgehead atoms. The van der Waals surface area contributed by atoms with Crippen molar-refractivity contribution in [1.29, 1.82) is 0 Å². The molecule has 0 spiro atoms. The Bertz CT molecular complexity index is 355. The maximum atomic E-state index is 5.74. The number of anilines is 2. The number of rotatable bonds is 2. The van der Waals surface area contributed by atoms with Gasteiger partial charge in [-0.15, -0.1) is 0 Å². The van der Waals surface area contributed by atoms with E-state index in [0.29, 0.717) is 5.95 Å². The molecule has 6 nitrogen and oxygen atoms in total. The number of ether oxygens (including phenoxy) is 1. The molecule has 1 aliphatic heterocycles. The topological polar surface area (TPSA) is 77.2 Å². The summed E-state index contributed by atoms with van der Waals surface area (Å²) in [5.74, 6) is 0.675. The third-order valence-electron chi connectivity index (χ3n) is 2.61. The number of hydrogen-bond acceptors (Lipinski definition) is 6. The molecular formula is C9H14ClN5O. The summed E-state index contributed by atoms with van der Waals surface area (Å²) in [5, 5.41) is 0.127. The van der Waals surface area contributed by atoms with Gasteiger partial charge in [0.05, 0.1) is 6.10 Å². The van der Waals surface area contributed by atoms with Gasteiger partial charge in [0.2, 0.25) is 17.2 Å². The molecule has 0 amide bonds.